The van der Waals surface area contributed by atoms with Crippen LogP contribution in [0.15, 0.2) is 24.3 Å². The monoisotopic (exact) mass is 353 g/mol. The summed E-state index contributed by atoms with van der Waals surface area (Å²) in [4.78, 5) is 26.5. The van der Waals surface area contributed by atoms with Crippen molar-refractivity contribution < 1.29 is 14.3 Å². The van der Waals surface area contributed by atoms with E-state index in [1.807, 2.05) is 0 Å². The van der Waals surface area contributed by atoms with Crippen molar-refractivity contribution in [3.05, 3.63) is 29.3 Å². The second-order valence-electron chi connectivity index (χ2n) is 6.18. The maximum absolute atomic E-state index is 12.9. The molecule has 24 heavy (non-hydrogen) atoms. The Balaban J connectivity index is 1.97. The lowest BCUT2D eigenvalue weighted by Gasteiger charge is -2.38. The zero-order chi connectivity index (χ0) is 17.6. The maximum Gasteiger partial charge on any atom is 0.243 e. The molecule has 6 nitrogen and oxygen atoms in total. The number of amides is 2. The quantitative estimate of drug-likeness (QED) is 0.817. The smallest absolute Gasteiger partial charge is 0.243 e. The van der Waals surface area contributed by atoms with Crippen molar-refractivity contribution in [1.82, 2.24) is 10.2 Å². The number of rotatable bonds is 6. The molecule has 2 N–H and O–H groups in total. The van der Waals surface area contributed by atoms with E-state index in [1.165, 1.54) is 4.90 Å². The van der Waals surface area contributed by atoms with Crippen LogP contribution in [0.4, 0.5) is 5.69 Å². The molecule has 0 saturated carbocycles. The van der Waals surface area contributed by atoms with Crippen LogP contribution in [0.3, 0.4) is 0 Å². The number of anilines is 1. The minimum absolute atomic E-state index is 0.00968. The summed E-state index contributed by atoms with van der Waals surface area (Å²) in [6.45, 7) is 1.91. The zero-order valence-electron chi connectivity index (χ0n) is 14.1. The summed E-state index contributed by atoms with van der Waals surface area (Å²) >= 11 is 5.90. The number of hydrogen-bond donors (Lipinski definition) is 2. The highest BCUT2D eigenvalue weighted by Crippen LogP contribution is 2.31. The number of methoxy groups -OCH3 is 1. The van der Waals surface area contributed by atoms with Crippen molar-refractivity contribution >= 4 is 29.1 Å². The highest BCUT2D eigenvalue weighted by atomic mass is 35.5. The second kappa shape index (κ2) is 8.46. The van der Waals surface area contributed by atoms with Crippen LogP contribution in [0.5, 0.6) is 0 Å². The average Bonchev–Trinajstić information content (AvgIpc) is 2.55. The van der Waals surface area contributed by atoms with Crippen molar-refractivity contribution in [2.75, 3.05) is 45.7 Å². The highest BCUT2D eigenvalue weighted by Gasteiger charge is 2.41. The number of likely N-dealkylation sites (N-methyl/N-ethyl adjacent to an activating group) is 1. The fraction of sp³-hybridized carbons (Fsp3) is 0.529. The molecular weight excluding hydrogens is 330 g/mol. The molecule has 0 bridgehead atoms. The second-order valence-corrected chi connectivity index (χ2v) is 6.62. The molecule has 1 aliphatic heterocycles. The van der Waals surface area contributed by atoms with E-state index in [0.29, 0.717) is 30.2 Å². The number of halogens is 1. The van der Waals surface area contributed by atoms with Gasteiger partial charge in [0.05, 0.1) is 18.6 Å². The SMILES string of the molecule is COCC1(C(=O)N(C)CC(=O)Nc2cccc(Cl)c2)CCNCC1. The highest BCUT2D eigenvalue weighted by molar-refractivity contribution is 6.30. The van der Waals surface area contributed by atoms with Crippen molar-refractivity contribution in [3.8, 4) is 0 Å². The molecule has 0 aliphatic carbocycles. The molecule has 0 radical (unpaired) electrons. The van der Waals surface area contributed by atoms with Crippen LogP contribution in [-0.4, -0.2) is 57.1 Å². The Morgan fingerprint density at radius 3 is 2.71 bits per heavy atom. The third-order valence-electron chi connectivity index (χ3n) is 4.27. The van der Waals surface area contributed by atoms with Gasteiger partial charge in [-0.2, -0.15) is 0 Å². The van der Waals surface area contributed by atoms with Crippen LogP contribution in [0.1, 0.15) is 12.8 Å². The summed E-state index contributed by atoms with van der Waals surface area (Å²) in [5.41, 5.74) is 0.0623. The first kappa shape index (κ1) is 18.7. The molecular formula is C17H24ClN3O3. The van der Waals surface area contributed by atoms with Gasteiger partial charge >= 0.3 is 0 Å². The third-order valence-corrected chi connectivity index (χ3v) is 4.51. The van der Waals surface area contributed by atoms with Gasteiger partial charge in [0.2, 0.25) is 11.8 Å². The summed E-state index contributed by atoms with van der Waals surface area (Å²) < 4.78 is 5.28. The first-order chi connectivity index (χ1) is 11.5. The Morgan fingerprint density at radius 2 is 2.08 bits per heavy atom. The molecule has 1 heterocycles. The van der Waals surface area contributed by atoms with E-state index in [9.17, 15) is 9.59 Å². The molecule has 0 spiro atoms. The Bertz CT molecular complexity index is 583. The maximum atomic E-state index is 12.9. The van der Waals surface area contributed by atoms with Crippen LogP contribution >= 0.6 is 11.6 Å². The molecule has 1 fully saturated rings. The number of benzene rings is 1. The zero-order valence-corrected chi connectivity index (χ0v) is 14.9. The molecule has 2 rings (SSSR count). The molecule has 0 unspecified atom stereocenters. The molecule has 1 saturated heterocycles. The van der Waals surface area contributed by atoms with Crippen molar-refractivity contribution in [3.63, 3.8) is 0 Å². The number of piperidine rings is 1. The first-order valence-corrected chi connectivity index (χ1v) is 8.35. The first-order valence-electron chi connectivity index (χ1n) is 7.97. The van der Waals surface area contributed by atoms with Crippen LogP contribution in [0.25, 0.3) is 0 Å². The number of nitrogens with zero attached hydrogens (tertiary/aromatic N) is 1. The Hall–Kier alpha value is -1.63. The minimum Gasteiger partial charge on any atom is -0.384 e. The number of ether oxygens (including phenoxy) is 1. The van der Waals surface area contributed by atoms with E-state index in [2.05, 4.69) is 10.6 Å². The van der Waals surface area contributed by atoms with Crippen molar-refractivity contribution in [2.45, 2.75) is 12.8 Å². The summed E-state index contributed by atoms with van der Waals surface area (Å²) in [5, 5.41) is 6.55. The van der Waals surface area contributed by atoms with E-state index in [-0.39, 0.29) is 18.4 Å². The van der Waals surface area contributed by atoms with Gasteiger partial charge in [0.25, 0.3) is 0 Å². The molecule has 1 aromatic carbocycles. The molecule has 7 heteroatoms. The molecule has 0 atom stereocenters. The summed E-state index contributed by atoms with van der Waals surface area (Å²) in [6.07, 6.45) is 1.42. The number of hydrogen-bond acceptors (Lipinski definition) is 4. The Kier molecular flexibility index (Phi) is 6.60. The minimum atomic E-state index is -0.551. The summed E-state index contributed by atoms with van der Waals surface area (Å²) in [7, 11) is 3.25. The van der Waals surface area contributed by atoms with Crippen LogP contribution in [0.2, 0.25) is 5.02 Å². The van der Waals surface area contributed by atoms with E-state index < -0.39 is 5.41 Å². The molecule has 1 aliphatic rings. The van der Waals surface area contributed by atoms with Gasteiger partial charge in [-0.25, -0.2) is 0 Å². The standard InChI is InChI=1S/C17H24ClN3O3/c1-21(11-15(22)20-14-5-3-4-13(18)10-14)16(23)17(12-24-2)6-8-19-9-7-17/h3-5,10,19H,6-9,11-12H2,1-2H3,(H,20,22). The summed E-state index contributed by atoms with van der Waals surface area (Å²) in [6, 6.07) is 6.92. The molecule has 0 aromatic heterocycles. The van der Waals surface area contributed by atoms with Crippen molar-refractivity contribution in [2.24, 2.45) is 5.41 Å². The predicted octanol–water partition coefficient (Wildman–Crippen LogP) is 1.75. The van der Waals surface area contributed by atoms with E-state index in [0.717, 1.165) is 13.1 Å². The van der Waals surface area contributed by atoms with Crippen LogP contribution in [0, 0.1) is 5.41 Å². The number of carbonyl (C=O) groups is 2. The lowest BCUT2D eigenvalue weighted by atomic mass is 9.78. The predicted molar refractivity (Wildman–Crippen MR) is 94.1 cm³/mol. The van der Waals surface area contributed by atoms with E-state index in [4.69, 9.17) is 16.3 Å². The molecule has 132 valence electrons. The van der Waals surface area contributed by atoms with Gasteiger partial charge in [0.1, 0.15) is 0 Å². The van der Waals surface area contributed by atoms with Gasteiger partial charge in [0.15, 0.2) is 0 Å². The van der Waals surface area contributed by atoms with Crippen LogP contribution < -0.4 is 10.6 Å². The van der Waals surface area contributed by atoms with Gasteiger partial charge in [-0.15, -0.1) is 0 Å². The lowest BCUT2D eigenvalue weighted by Crippen LogP contribution is -2.51. The van der Waals surface area contributed by atoms with Gasteiger partial charge in [-0.1, -0.05) is 17.7 Å². The largest absolute Gasteiger partial charge is 0.384 e. The van der Waals surface area contributed by atoms with E-state index in [1.54, 1.807) is 38.4 Å². The number of nitrogens with one attached hydrogen (secondary N) is 2. The fourth-order valence-electron chi connectivity index (χ4n) is 3.06. The third kappa shape index (κ3) is 4.69. The van der Waals surface area contributed by atoms with Gasteiger partial charge < -0.3 is 20.3 Å². The normalized spacial score (nSPS) is 16.5. The van der Waals surface area contributed by atoms with Crippen molar-refractivity contribution in [1.29, 1.82) is 0 Å². The average molecular weight is 354 g/mol. The van der Waals surface area contributed by atoms with Gasteiger partial charge in [-0.05, 0) is 44.1 Å². The number of carbonyl (C=O) groups excluding carboxylic acids is 2. The van der Waals surface area contributed by atoms with Gasteiger partial charge in [-0.3, -0.25) is 9.59 Å². The Morgan fingerprint density at radius 1 is 1.38 bits per heavy atom. The van der Waals surface area contributed by atoms with E-state index >= 15 is 0 Å². The van der Waals surface area contributed by atoms with Gasteiger partial charge in [0, 0.05) is 24.9 Å². The Labute approximate surface area is 147 Å². The fourth-order valence-corrected chi connectivity index (χ4v) is 3.25. The topological polar surface area (TPSA) is 70.7 Å². The summed E-state index contributed by atoms with van der Waals surface area (Å²) in [5.74, 6) is -0.304. The molecule has 2 amide bonds. The van der Waals surface area contributed by atoms with Crippen LogP contribution in [-0.2, 0) is 14.3 Å². The molecule has 1 aromatic rings. The lowest BCUT2D eigenvalue weighted by molar-refractivity contribution is -0.147.